The van der Waals surface area contributed by atoms with E-state index in [2.05, 4.69) is 48.8 Å². The van der Waals surface area contributed by atoms with Crippen LogP contribution in [0.15, 0.2) is 35.3 Å². The third-order valence-corrected chi connectivity index (χ3v) is 4.04. The van der Waals surface area contributed by atoms with Gasteiger partial charge in [-0.2, -0.15) is 0 Å². The Balaban J connectivity index is 1.58. The van der Waals surface area contributed by atoms with Crippen molar-refractivity contribution in [3.8, 4) is 5.88 Å². The molecule has 0 radical (unpaired) electrons. The van der Waals surface area contributed by atoms with Gasteiger partial charge < -0.3 is 9.64 Å². The second-order valence-electron chi connectivity index (χ2n) is 5.25. The number of aryl methyl sites for hydroxylation is 1. The third-order valence-electron chi connectivity index (χ3n) is 3.61. The molecule has 110 valence electrons. The van der Waals surface area contributed by atoms with Crippen molar-refractivity contribution in [1.82, 2.24) is 15.0 Å². The Morgan fingerprint density at radius 1 is 1.33 bits per heavy atom. The maximum Gasteiger partial charge on any atom is 0.232 e. The fourth-order valence-corrected chi connectivity index (χ4v) is 3.03. The second kappa shape index (κ2) is 6.39. The summed E-state index contributed by atoms with van der Waals surface area (Å²) >= 11 is 3.45. The highest BCUT2D eigenvalue weighted by Gasteiger charge is 2.25. The summed E-state index contributed by atoms with van der Waals surface area (Å²) in [5, 5.41) is 0. The van der Waals surface area contributed by atoms with Crippen LogP contribution in [0.1, 0.15) is 12.0 Å². The van der Waals surface area contributed by atoms with Gasteiger partial charge in [0.25, 0.3) is 0 Å². The van der Waals surface area contributed by atoms with Crippen molar-refractivity contribution in [2.45, 2.75) is 13.3 Å². The van der Waals surface area contributed by atoms with Crippen molar-refractivity contribution in [2.75, 3.05) is 24.6 Å². The molecule has 2 aromatic heterocycles. The van der Waals surface area contributed by atoms with Crippen LogP contribution in [-0.2, 0) is 0 Å². The van der Waals surface area contributed by atoms with Crippen LogP contribution < -0.4 is 9.64 Å². The zero-order chi connectivity index (χ0) is 14.7. The Kier molecular flexibility index (Phi) is 4.34. The first-order valence-electron chi connectivity index (χ1n) is 6.98. The van der Waals surface area contributed by atoms with Gasteiger partial charge in [-0.25, -0.2) is 9.97 Å². The summed E-state index contributed by atoms with van der Waals surface area (Å²) < 4.78 is 6.71. The van der Waals surface area contributed by atoms with Gasteiger partial charge in [-0.15, -0.1) is 0 Å². The molecule has 1 aliphatic rings. The minimum absolute atomic E-state index is 0.497. The summed E-state index contributed by atoms with van der Waals surface area (Å²) in [5.74, 6) is 2.16. The summed E-state index contributed by atoms with van der Waals surface area (Å²) in [5.41, 5.74) is 1.19. The highest BCUT2D eigenvalue weighted by atomic mass is 79.9. The average molecular weight is 349 g/mol. The first-order chi connectivity index (χ1) is 10.2. The molecule has 0 amide bonds. The summed E-state index contributed by atoms with van der Waals surface area (Å²) in [6, 6.07) is 2.10. The smallest absolute Gasteiger partial charge is 0.232 e. The second-order valence-corrected chi connectivity index (χ2v) is 6.17. The molecule has 1 saturated heterocycles. The van der Waals surface area contributed by atoms with Crippen molar-refractivity contribution < 1.29 is 4.74 Å². The summed E-state index contributed by atoms with van der Waals surface area (Å²) in [6.07, 6.45) is 7.90. The molecule has 0 spiro atoms. The largest absolute Gasteiger partial charge is 0.476 e. The van der Waals surface area contributed by atoms with Crippen molar-refractivity contribution >= 4 is 21.7 Å². The first-order valence-corrected chi connectivity index (χ1v) is 7.77. The normalized spacial score (nSPS) is 18.0. The van der Waals surface area contributed by atoms with E-state index < -0.39 is 0 Å². The van der Waals surface area contributed by atoms with Crippen LogP contribution in [0.4, 0.5) is 5.82 Å². The lowest BCUT2D eigenvalue weighted by Crippen LogP contribution is -2.23. The molecule has 1 unspecified atom stereocenters. The number of anilines is 1. The van der Waals surface area contributed by atoms with E-state index in [0.29, 0.717) is 18.4 Å². The van der Waals surface area contributed by atoms with Gasteiger partial charge in [0.1, 0.15) is 5.82 Å². The number of aromatic nitrogens is 3. The molecule has 1 atom stereocenters. The minimum Gasteiger partial charge on any atom is -0.476 e. The Labute approximate surface area is 132 Å². The lowest BCUT2D eigenvalue weighted by atomic mass is 10.1. The molecule has 0 aromatic carbocycles. The van der Waals surface area contributed by atoms with E-state index in [0.717, 1.165) is 29.8 Å². The highest BCUT2D eigenvalue weighted by molar-refractivity contribution is 9.10. The van der Waals surface area contributed by atoms with Gasteiger partial charge in [0.05, 0.1) is 12.8 Å². The van der Waals surface area contributed by atoms with Crippen molar-refractivity contribution in [1.29, 1.82) is 0 Å². The van der Waals surface area contributed by atoms with Crippen LogP contribution in [0.2, 0.25) is 0 Å². The molecular weight excluding hydrogens is 332 g/mol. The Morgan fingerprint density at radius 3 is 3.00 bits per heavy atom. The Morgan fingerprint density at radius 2 is 2.24 bits per heavy atom. The number of ether oxygens (including phenoxy) is 1. The van der Waals surface area contributed by atoms with Crippen molar-refractivity contribution in [2.24, 2.45) is 5.92 Å². The molecule has 21 heavy (non-hydrogen) atoms. The topological polar surface area (TPSA) is 51.1 Å². The van der Waals surface area contributed by atoms with E-state index in [4.69, 9.17) is 4.74 Å². The van der Waals surface area contributed by atoms with Crippen molar-refractivity contribution in [3.05, 3.63) is 40.9 Å². The molecule has 0 aliphatic carbocycles. The molecule has 1 fully saturated rings. The SMILES string of the molecule is Cc1cc(Br)cnc1N1CCC(COc2cnccn2)C1. The van der Waals surface area contributed by atoms with E-state index in [9.17, 15) is 0 Å². The maximum absolute atomic E-state index is 5.70. The lowest BCUT2D eigenvalue weighted by Gasteiger charge is -2.19. The van der Waals surface area contributed by atoms with Gasteiger partial charge in [0, 0.05) is 42.1 Å². The predicted molar refractivity (Wildman–Crippen MR) is 84.5 cm³/mol. The van der Waals surface area contributed by atoms with E-state index in [1.807, 2.05) is 6.20 Å². The first kappa shape index (κ1) is 14.3. The summed E-state index contributed by atoms with van der Waals surface area (Å²) in [6.45, 7) is 4.75. The number of halogens is 1. The molecule has 3 heterocycles. The molecule has 0 bridgehead atoms. The zero-order valence-corrected chi connectivity index (χ0v) is 13.5. The van der Waals surface area contributed by atoms with E-state index >= 15 is 0 Å². The van der Waals surface area contributed by atoms with Gasteiger partial charge in [-0.3, -0.25) is 4.98 Å². The van der Waals surface area contributed by atoms with Crippen LogP contribution >= 0.6 is 15.9 Å². The maximum atomic E-state index is 5.70. The molecular formula is C15H17BrN4O. The number of rotatable bonds is 4. The lowest BCUT2D eigenvalue weighted by molar-refractivity contribution is 0.251. The number of nitrogens with zero attached hydrogens (tertiary/aromatic N) is 4. The quantitative estimate of drug-likeness (QED) is 0.850. The fourth-order valence-electron chi connectivity index (χ4n) is 2.59. The number of hydrogen-bond acceptors (Lipinski definition) is 5. The van der Waals surface area contributed by atoms with Crippen molar-refractivity contribution in [3.63, 3.8) is 0 Å². The van der Waals surface area contributed by atoms with Gasteiger partial charge in [0.2, 0.25) is 5.88 Å². The third kappa shape index (κ3) is 3.50. The minimum atomic E-state index is 0.497. The molecule has 3 rings (SSSR count). The monoisotopic (exact) mass is 348 g/mol. The van der Waals surface area contributed by atoms with Crippen LogP contribution in [0.25, 0.3) is 0 Å². The van der Waals surface area contributed by atoms with E-state index in [1.165, 1.54) is 5.56 Å². The molecule has 5 nitrogen and oxygen atoms in total. The van der Waals surface area contributed by atoms with Crippen LogP contribution in [0.5, 0.6) is 5.88 Å². The standard InChI is InChI=1S/C15H17BrN4O/c1-11-6-13(16)7-19-15(11)20-5-2-12(9-20)10-21-14-8-17-3-4-18-14/h3-4,6-8,12H,2,5,9-10H2,1H3. The molecule has 2 aromatic rings. The summed E-state index contributed by atoms with van der Waals surface area (Å²) in [7, 11) is 0. The fraction of sp³-hybridized carbons (Fsp3) is 0.400. The van der Waals surface area contributed by atoms with Gasteiger partial charge in [-0.1, -0.05) is 0 Å². The molecule has 1 aliphatic heterocycles. The van der Waals surface area contributed by atoms with Crippen LogP contribution in [0, 0.1) is 12.8 Å². The number of pyridine rings is 1. The van der Waals surface area contributed by atoms with Crippen LogP contribution in [-0.4, -0.2) is 34.6 Å². The predicted octanol–water partition coefficient (Wildman–Crippen LogP) is 2.85. The van der Waals surface area contributed by atoms with E-state index in [1.54, 1.807) is 18.6 Å². The Bertz CT molecular complexity index is 608. The molecule has 6 heteroatoms. The highest BCUT2D eigenvalue weighted by Crippen LogP contribution is 2.26. The van der Waals surface area contributed by atoms with Crippen LogP contribution in [0.3, 0.4) is 0 Å². The van der Waals surface area contributed by atoms with Gasteiger partial charge in [-0.05, 0) is 40.9 Å². The van der Waals surface area contributed by atoms with E-state index in [-0.39, 0.29) is 0 Å². The molecule has 0 saturated carbocycles. The average Bonchev–Trinajstić information content (AvgIpc) is 2.95. The van der Waals surface area contributed by atoms with Gasteiger partial charge >= 0.3 is 0 Å². The van der Waals surface area contributed by atoms with Gasteiger partial charge in [0.15, 0.2) is 0 Å². The summed E-state index contributed by atoms with van der Waals surface area (Å²) in [4.78, 5) is 15.0. The number of hydrogen-bond donors (Lipinski definition) is 0. The molecule has 0 N–H and O–H groups in total. The Hall–Kier alpha value is -1.69. The zero-order valence-electron chi connectivity index (χ0n) is 11.9.